The van der Waals surface area contributed by atoms with Crippen molar-refractivity contribution in [3.63, 3.8) is 0 Å². The molecule has 6 nitrogen and oxygen atoms in total. The number of carbonyl (C=O) groups is 2. The largest absolute Gasteiger partial charge is 0.465 e. The van der Waals surface area contributed by atoms with Gasteiger partial charge in [0.05, 0.1) is 12.7 Å². The molecule has 0 unspecified atom stereocenters. The summed E-state index contributed by atoms with van der Waals surface area (Å²) in [6, 6.07) is 13.4. The Balaban J connectivity index is 0.00000420. The third kappa shape index (κ3) is 7.71. The van der Waals surface area contributed by atoms with Crippen molar-refractivity contribution in [1.29, 1.82) is 0 Å². The van der Waals surface area contributed by atoms with Crippen LogP contribution in [0.3, 0.4) is 0 Å². The summed E-state index contributed by atoms with van der Waals surface area (Å²) in [5.41, 5.74) is 1.67. The van der Waals surface area contributed by atoms with Crippen LogP contribution in [0.4, 0.5) is 9.18 Å². The van der Waals surface area contributed by atoms with Crippen LogP contribution in [0.15, 0.2) is 48.5 Å². The van der Waals surface area contributed by atoms with Crippen molar-refractivity contribution < 1.29 is 23.5 Å². The summed E-state index contributed by atoms with van der Waals surface area (Å²) in [6.07, 6.45) is -0.0738. The number of amides is 1. The average molecular weight is 425 g/mol. The summed E-state index contributed by atoms with van der Waals surface area (Å²) >= 11 is 0. The number of hydrogen-bond donors (Lipinski definition) is 1. The number of nitrogens with zero attached hydrogens (tertiary/aromatic N) is 1. The standard InChI is InChI=1S/C21H25FN2O4.ClH/c1-23-11-13-24(21(26)28-15-16-6-4-3-5-7-16)12-10-17-8-9-18(22)14-19(17)20(25)27-2;/h3-9,14,23H,10-13,15H2,1-2H3;1H. The van der Waals surface area contributed by atoms with Crippen molar-refractivity contribution >= 4 is 24.5 Å². The molecule has 158 valence electrons. The van der Waals surface area contributed by atoms with Gasteiger partial charge in [-0.3, -0.25) is 0 Å². The van der Waals surface area contributed by atoms with Gasteiger partial charge in [-0.2, -0.15) is 0 Å². The molecule has 2 aromatic rings. The molecule has 2 rings (SSSR count). The second-order valence-electron chi connectivity index (χ2n) is 6.17. The molecular formula is C21H26ClFN2O4. The molecule has 2 aromatic carbocycles. The molecule has 0 saturated carbocycles. The van der Waals surface area contributed by atoms with Gasteiger partial charge in [-0.25, -0.2) is 14.0 Å². The van der Waals surface area contributed by atoms with Crippen molar-refractivity contribution in [3.8, 4) is 0 Å². The second kappa shape index (κ2) is 12.7. The van der Waals surface area contributed by atoms with Crippen molar-refractivity contribution in [2.75, 3.05) is 33.8 Å². The number of benzene rings is 2. The molecule has 0 spiro atoms. The maximum absolute atomic E-state index is 13.5. The van der Waals surface area contributed by atoms with E-state index in [2.05, 4.69) is 5.32 Å². The number of hydrogen-bond acceptors (Lipinski definition) is 5. The first-order valence-corrected chi connectivity index (χ1v) is 9.02. The molecule has 0 saturated heterocycles. The van der Waals surface area contributed by atoms with E-state index >= 15 is 0 Å². The number of halogens is 2. The zero-order valence-electron chi connectivity index (χ0n) is 16.5. The molecule has 1 amide bonds. The van der Waals surface area contributed by atoms with Gasteiger partial charge < -0.3 is 19.7 Å². The molecule has 0 aliphatic heterocycles. The lowest BCUT2D eigenvalue weighted by molar-refractivity contribution is 0.0599. The van der Waals surface area contributed by atoms with Gasteiger partial charge in [-0.05, 0) is 36.7 Å². The summed E-state index contributed by atoms with van der Waals surface area (Å²) < 4.78 is 23.6. The van der Waals surface area contributed by atoms with Gasteiger partial charge in [-0.1, -0.05) is 36.4 Å². The van der Waals surface area contributed by atoms with Gasteiger partial charge in [0.15, 0.2) is 0 Å². The van der Waals surface area contributed by atoms with Crippen LogP contribution < -0.4 is 5.32 Å². The van der Waals surface area contributed by atoms with Crippen LogP contribution in [0.25, 0.3) is 0 Å². The van der Waals surface area contributed by atoms with E-state index in [4.69, 9.17) is 9.47 Å². The Hall–Kier alpha value is -2.64. The van der Waals surface area contributed by atoms with Crippen LogP contribution in [0, 0.1) is 5.82 Å². The lowest BCUT2D eigenvalue weighted by Crippen LogP contribution is -2.38. The molecule has 0 fully saturated rings. The van der Waals surface area contributed by atoms with Crippen molar-refractivity contribution in [2.24, 2.45) is 0 Å². The molecule has 0 heterocycles. The molecule has 0 aliphatic carbocycles. The summed E-state index contributed by atoms with van der Waals surface area (Å²) in [6.45, 7) is 1.54. The normalized spacial score (nSPS) is 10.0. The molecular weight excluding hydrogens is 399 g/mol. The number of carbonyl (C=O) groups excluding carboxylic acids is 2. The summed E-state index contributed by atoms with van der Waals surface area (Å²) in [7, 11) is 3.04. The number of rotatable bonds is 9. The number of ether oxygens (including phenoxy) is 2. The zero-order chi connectivity index (χ0) is 20.4. The Kier molecular flexibility index (Phi) is 10.7. The molecule has 0 aliphatic rings. The van der Waals surface area contributed by atoms with Gasteiger partial charge in [0.2, 0.25) is 0 Å². The number of esters is 1. The molecule has 0 radical (unpaired) electrons. The van der Waals surface area contributed by atoms with Crippen LogP contribution in [-0.4, -0.2) is 50.8 Å². The Morgan fingerprint density at radius 3 is 2.48 bits per heavy atom. The first-order valence-electron chi connectivity index (χ1n) is 9.02. The van der Waals surface area contributed by atoms with Crippen LogP contribution >= 0.6 is 12.4 Å². The Labute approximate surface area is 176 Å². The van der Waals surface area contributed by atoms with Crippen molar-refractivity contribution in [2.45, 2.75) is 13.0 Å². The SMILES string of the molecule is CNCCN(CCc1ccc(F)cc1C(=O)OC)C(=O)OCc1ccccc1.Cl. The van der Waals surface area contributed by atoms with Gasteiger partial charge in [0, 0.05) is 19.6 Å². The molecule has 29 heavy (non-hydrogen) atoms. The minimum absolute atomic E-state index is 0. The van der Waals surface area contributed by atoms with E-state index in [0.29, 0.717) is 31.6 Å². The maximum Gasteiger partial charge on any atom is 0.410 e. The van der Waals surface area contributed by atoms with Gasteiger partial charge in [-0.15, -0.1) is 12.4 Å². The summed E-state index contributed by atoms with van der Waals surface area (Å²) in [5.74, 6) is -1.12. The lowest BCUT2D eigenvalue weighted by atomic mass is 10.0. The molecule has 8 heteroatoms. The Morgan fingerprint density at radius 2 is 1.83 bits per heavy atom. The predicted molar refractivity (Wildman–Crippen MR) is 111 cm³/mol. The highest BCUT2D eigenvalue weighted by Crippen LogP contribution is 2.14. The first kappa shape index (κ1) is 24.4. The Morgan fingerprint density at radius 1 is 1.10 bits per heavy atom. The van der Waals surface area contributed by atoms with E-state index in [0.717, 1.165) is 11.6 Å². The van der Waals surface area contributed by atoms with E-state index in [1.165, 1.54) is 19.2 Å². The monoisotopic (exact) mass is 424 g/mol. The third-order valence-corrected chi connectivity index (χ3v) is 4.22. The highest BCUT2D eigenvalue weighted by Gasteiger charge is 2.18. The highest BCUT2D eigenvalue weighted by atomic mass is 35.5. The fourth-order valence-corrected chi connectivity index (χ4v) is 2.67. The summed E-state index contributed by atoms with van der Waals surface area (Å²) in [5, 5.41) is 3.00. The molecule has 0 atom stereocenters. The minimum atomic E-state index is -0.608. The van der Waals surface area contributed by atoms with Crippen molar-refractivity contribution in [3.05, 3.63) is 71.0 Å². The van der Waals surface area contributed by atoms with Crippen LogP contribution in [-0.2, 0) is 22.5 Å². The van der Waals surface area contributed by atoms with E-state index in [1.807, 2.05) is 30.3 Å². The number of methoxy groups -OCH3 is 1. The van der Waals surface area contributed by atoms with E-state index in [1.54, 1.807) is 11.9 Å². The second-order valence-corrected chi connectivity index (χ2v) is 6.17. The van der Waals surface area contributed by atoms with E-state index in [9.17, 15) is 14.0 Å². The quantitative estimate of drug-likeness (QED) is 0.624. The fraction of sp³-hybridized carbons (Fsp3) is 0.333. The predicted octanol–water partition coefficient (Wildman–Crippen LogP) is 3.43. The van der Waals surface area contributed by atoms with Gasteiger partial charge in [0.1, 0.15) is 12.4 Å². The minimum Gasteiger partial charge on any atom is -0.465 e. The highest BCUT2D eigenvalue weighted by molar-refractivity contribution is 5.91. The smallest absolute Gasteiger partial charge is 0.410 e. The third-order valence-electron chi connectivity index (χ3n) is 4.22. The number of likely N-dealkylation sites (N-methyl/N-ethyl adjacent to an activating group) is 1. The van der Waals surface area contributed by atoms with E-state index in [-0.39, 0.29) is 24.6 Å². The number of nitrogens with one attached hydrogen (secondary N) is 1. The van der Waals surface area contributed by atoms with Gasteiger partial charge in [0.25, 0.3) is 0 Å². The van der Waals surface area contributed by atoms with E-state index < -0.39 is 17.9 Å². The maximum atomic E-state index is 13.5. The summed E-state index contributed by atoms with van der Waals surface area (Å²) in [4.78, 5) is 25.9. The molecule has 1 N–H and O–H groups in total. The fourth-order valence-electron chi connectivity index (χ4n) is 2.67. The lowest BCUT2D eigenvalue weighted by Gasteiger charge is -2.22. The molecule has 0 bridgehead atoms. The topological polar surface area (TPSA) is 67.9 Å². The average Bonchev–Trinajstić information content (AvgIpc) is 2.73. The van der Waals surface area contributed by atoms with Crippen LogP contribution in [0.2, 0.25) is 0 Å². The van der Waals surface area contributed by atoms with Crippen LogP contribution in [0.5, 0.6) is 0 Å². The first-order chi connectivity index (χ1) is 13.5. The van der Waals surface area contributed by atoms with Gasteiger partial charge >= 0.3 is 12.1 Å². The van der Waals surface area contributed by atoms with Crippen molar-refractivity contribution in [1.82, 2.24) is 10.2 Å². The van der Waals surface area contributed by atoms with Crippen LogP contribution in [0.1, 0.15) is 21.5 Å². The molecule has 0 aromatic heterocycles. The zero-order valence-corrected chi connectivity index (χ0v) is 17.3. The Bertz CT molecular complexity index is 790.